The van der Waals surface area contributed by atoms with E-state index in [9.17, 15) is 0 Å². The van der Waals surface area contributed by atoms with Gasteiger partial charge in [-0.3, -0.25) is 0 Å². The third-order valence-corrected chi connectivity index (χ3v) is 10.9. The number of rotatable bonds is 5. The topological polar surface area (TPSA) is 30.7 Å². The summed E-state index contributed by atoms with van der Waals surface area (Å²) in [4.78, 5) is 9.55. The molecule has 2 aliphatic rings. The van der Waals surface area contributed by atoms with Gasteiger partial charge >= 0.3 is 0 Å². The second-order valence-corrected chi connectivity index (χ2v) is 14.2. The van der Waals surface area contributed by atoms with Crippen molar-refractivity contribution in [1.29, 1.82) is 0 Å². The Kier molecular flexibility index (Phi) is 6.59. The standard InChI is InChI=1S/C48H35N3/c1-48(2)42-19-7-5-15-38(42)39-26-23-34(30-43(39)48)33-13-9-14-35(29-33)37-17-10-18-41-40-16-6-8-20-45(40)51(46(37)41)36-24-21-32(22-25-36)47-49-28-27-44(50-47)31-11-3-4-12-31/h3-31H,1-2H3. The van der Waals surface area contributed by atoms with Crippen molar-refractivity contribution in [2.24, 2.45) is 0 Å². The molecule has 0 radical (unpaired) electrons. The van der Waals surface area contributed by atoms with Crippen LogP contribution in [0.25, 0.3) is 72.3 Å². The van der Waals surface area contributed by atoms with Crippen LogP contribution in [0.3, 0.4) is 0 Å². The molecule has 8 aromatic rings. The maximum atomic E-state index is 4.92. The number of allylic oxidation sites excluding steroid dienone is 4. The van der Waals surface area contributed by atoms with Crippen LogP contribution in [-0.4, -0.2) is 14.5 Å². The lowest BCUT2D eigenvalue weighted by atomic mass is 9.81. The molecule has 2 aliphatic carbocycles. The highest BCUT2D eigenvalue weighted by molar-refractivity contribution is 6.14. The van der Waals surface area contributed by atoms with Crippen molar-refractivity contribution in [3.8, 4) is 50.5 Å². The minimum absolute atomic E-state index is 0.0405. The molecule has 242 valence electrons. The average molecular weight is 654 g/mol. The van der Waals surface area contributed by atoms with Gasteiger partial charge in [0, 0.05) is 45.1 Å². The molecule has 10 rings (SSSR count). The number of hydrogen-bond donors (Lipinski definition) is 0. The van der Waals surface area contributed by atoms with Crippen LogP contribution in [0, 0.1) is 0 Å². The number of para-hydroxylation sites is 2. The van der Waals surface area contributed by atoms with Crippen LogP contribution in [0.5, 0.6) is 0 Å². The quantitative estimate of drug-likeness (QED) is 0.185. The van der Waals surface area contributed by atoms with Gasteiger partial charge < -0.3 is 4.57 Å². The zero-order valence-electron chi connectivity index (χ0n) is 28.6. The summed E-state index contributed by atoms with van der Waals surface area (Å²) in [5, 5.41) is 2.48. The molecule has 51 heavy (non-hydrogen) atoms. The third-order valence-electron chi connectivity index (χ3n) is 10.9. The Bertz CT molecular complexity index is 2710. The smallest absolute Gasteiger partial charge is 0.159 e. The van der Waals surface area contributed by atoms with Crippen LogP contribution in [-0.2, 0) is 5.41 Å². The molecule has 2 aromatic heterocycles. The molecule has 0 saturated heterocycles. The molecule has 0 N–H and O–H groups in total. The highest BCUT2D eigenvalue weighted by atomic mass is 15.0. The van der Waals surface area contributed by atoms with Crippen LogP contribution in [0.1, 0.15) is 36.6 Å². The lowest BCUT2D eigenvalue weighted by Gasteiger charge is -2.22. The molecule has 0 unspecified atom stereocenters. The van der Waals surface area contributed by atoms with Crippen molar-refractivity contribution < 1.29 is 0 Å². The fourth-order valence-corrected chi connectivity index (χ4v) is 8.36. The first-order valence-electron chi connectivity index (χ1n) is 17.7. The summed E-state index contributed by atoms with van der Waals surface area (Å²) in [5.41, 5.74) is 15.8. The minimum atomic E-state index is -0.0405. The molecular weight excluding hydrogens is 619 g/mol. The van der Waals surface area contributed by atoms with E-state index in [0.717, 1.165) is 22.8 Å². The van der Waals surface area contributed by atoms with Gasteiger partial charge in [0.05, 0.1) is 16.7 Å². The first kappa shape index (κ1) is 29.6. The lowest BCUT2D eigenvalue weighted by molar-refractivity contribution is 0.660. The van der Waals surface area contributed by atoms with Crippen LogP contribution < -0.4 is 0 Å². The van der Waals surface area contributed by atoms with Crippen molar-refractivity contribution in [1.82, 2.24) is 14.5 Å². The summed E-state index contributed by atoms with van der Waals surface area (Å²) in [6.07, 6.45) is 10.3. The van der Waals surface area contributed by atoms with E-state index in [1.54, 1.807) is 0 Å². The molecule has 6 aromatic carbocycles. The van der Waals surface area contributed by atoms with E-state index in [0.29, 0.717) is 0 Å². The highest BCUT2D eigenvalue weighted by Crippen LogP contribution is 2.49. The summed E-state index contributed by atoms with van der Waals surface area (Å²) in [7, 11) is 0. The second kappa shape index (κ2) is 11.4. The molecule has 0 atom stereocenters. The van der Waals surface area contributed by atoms with Crippen LogP contribution in [0.2, 0.25) is 0 Å². The van der Waals surface area contributed by atoms with Crippen molar-refractivity contribution in [3.63, 3.8) is 0 Å². The van der Waals surface area contributed by atoms with Gasteiger partial charge in [0.1, 0.15) is 0 Å². The highest BCUT2D eigenvalue weighted by Gasteiger charge is 2.35. The van der Waals surface area contributed by atoms with E-state index in [-0.39, 0.29) is 11.3 Å². The fourth-order valence-electron chi connectivity index (χ4n) is 8.36. The average Bonchev–Trinajstić information content (AvgIpc) is 3.90. The maximum absolute atomic E-state index is 4.92. The second-order valence-electron chi connectivity index (χ2n) is 14.2. The summed E-state index contributed by atoms with van der Waals surface area (Å²) in [6.45, 7) is 4.69. The Hall–Kier alpha value is -6.32. The van der Waals surface area contributed by atoms with E-state index in [1.807, 2.05) is 12.3 Å². The van der Waals surface area contributed by atoms with E-state index < -0.39 is 0 Å². The van der Waals surface area contributed by atoms with Crippen molar-refractivity contribution in [2.75, 3.05) is 0 Å². The molecule has 0 amide bonds. The molecule has 0 fully saturated rings. The Balaban J connectivity index is 1.08. The molecule has 3 nitrogen and oxygen atoms in total. The number of nitrogens with zero attached hydrogens (tertiary/aromatic N) is 3. The zero-order chi connectivity index (χ0) is 34.1. The molecule has 2 heterocycles. The van der Waals surface area contributed by atoms with Crippen molar-refractivity contribution in [2.45, 2.75) is 25.2 Å². The zero-order valence-corrected chi connectivity index (χ0v) is 28.6. The van der Waals surface area contributed by atoms with E-state index >= 15 is 0 Å². The predicted octanol–water partition coefficient (Wildman–Crippen LogP) is 12.1. The largest absolute Gasteiger partial charge is 0.309 e. The SMILES string of the molecule is CC1(C)c2ccccc2-c2ccc(-c3cccc(-c4cccc5c6ccccc6n(-c6ccc(-c7nccc(C8C=CC=C8)n7)cc6)c45)c3)cc21. The number of aromatic nitrogens is 3. The molecular formula is C48H35N3. The van der Waals surface area contributed by atoms with Gasteiger partial charge in [-0.15, -0.1) is 0 Å². The number of hydrogen-bond acceptors (Lipinski definition) is 2. The monoisotopic (exact) mass is 653 g/mol. The Labute approximate surface area is 297 Å². The van der Waals surface area contributed by atoms with E-state index in [1.165, 1.54) is 66.3 Å². The Morgan fingerprint density at radius 2 is 1.24 bits per heavy atom. The summed E-state index contributed by atoms with van der Waals surface area (Å²) < 4.78 is 2.41. The number of fused-ring (bicyclic) bond motifs is 6. The van der Waals surface area contributed by atoms with Crippen LogP contribution in [0.15, 0.2) is 170 Å². The van der Waals surface area contributed by atoms with Gasteiger partial charge in [0.25, 0.3) is 0 Å². The molecule has 0 bridgehead atoms. The molecule has 3 heteroatoms. The van der Waals surface area contributed by atoms with Gasteiger partial charge in [-0.25, -0.2) is 9.97 Å². The van der Waals surface area contributed by atoms with Crippen LogP contribution in [0.4, 0.5) is 0 Å². The third kappa shape index (κ3) is 4.65. The molecule has 0 spiro atoms. The van der Waals surface area contributed by atoms with Gasteiger partial charge in [0.2, 0.25) is 0 Å². The fraction of sp³-hybridized carbons (Fsp3) is 0.0833. The van der Waals surface area contributed by atoms with Gasteiger partial charge in [-0.2, -0.15) is 0 Å². The first-order valence-corrected chi connectivity index (χ1v) is 17.7. The number of benzene rings is 6. The molecule has 0 saturated carbocycles. The predicted molar refractivity (Wildman–Crippen MR) is 211 cm³/mol. The van der Waals surface area contributed by atoms with Gasteiger partial charge in [0.15, 0.2) is 5.82 Å². The Morgan fingerprint density at radius 1 is 0.549 bits per heavy atom. The minimum Gasteiger partial charge on any atom is -0.309 e. The summed E-state index contributed by atoms with van der Waals surface area (Å²) in [6, 6.07) is 51.0. The normalized spacial score (nSPS) is 14.4. The van der Waals surface area contributed by atoms with Gasteiger partial charge in [-0.1, -0.05) is 129 Å². The van der Waals surface area contributed by atoms with E-state index in [2.05, 4.69) is 181 Å². The van der Waals surface area contributed by atoms with Crippen molar-refractivity contribution >= 4 is 21.8 Å². The Morgan fingerprint density at radius 3 is 2.12 bits per heavy atom. The lowest BCUT2D eigenvalue weighted by Crippen LogP contribution is -2.14. The van der Waals surface area contributed by atoms with Crippen molar-refractivity contribution in [3.05, 3.63) is 187 Å². The summed E-state index contributed by atoms with van der Waals surface area (Å²) in [5.74, 6) is 0.943. The van der Waals surface area contributed by atoms with Gasteiger partial charge in [-0.05, 0) is 87.5 Å². The molecule has 0 aliphatic heterocycles. The maximum Gasteiger partial charge on any atom is 0.159 e. The first-order chi connectivity index (χ1) is 25.0. The van der Waals surface area contributed by atoms with E-state index in [4.69, 9.17) is 4.98 Å². The van der Waals surface area contributed by atoms with Crippen LogP contribution >= 0.6 is 0 Å². The summed E-state index contributed by atoms with van der Waals surface area (Å²) >= 11 is 0.